The molecule has 2 amide bonds. The van der Waals surface area contributed by atoms with E-state index in [1.165, 1.54) is 0 Å². The number of hydrogen-bond acceptors (Lipinski definition) is 2. The van der Waals surface area contributed by atoms with Gasteiger partial charge in [-0.2, -0.15) is 0 Å². The number of amides is 2. The van der Waals surface area contributed by atoms with E-state index in [2.05, 4.69) is 25.6 Å². The predicted molar refractivity (Wildman–Crippen MR) is 89.3 cm³/mol. The minimum Gasteiger partial charge on any atom is -0.306 e. The Balaban J connectivity index is 2.21. The SMILES string of the molecule is O=C(N=S(=O)(Cl)c1ccc(Br)cc1)Nc1ccc(Cl)cc1. The summed E-state index contributed by atoms with van der Waals surface area (Å²) in [4.78, 5) is 12.0. The maximum atomic E-state index is 12.3. The third-order valence-electron chi connectivity index (χ3n) is 2.40. The molecule has 2 aromatic rings. The normalized spacial score (nSPS) is 13.3. The summed E-state index contributed by atoms with van der Waals surface area (Å²) in [6.07, 6.45) is 0. The first-order chi connectivity index (χ1) is 9.87. The fourth-order valence-corrected chi connectivity index (χ4v) is 3.16. The summed E-state index contributed by atoms with van der Waals surface area (Å²) in [6.45, 7) is 0. The third-order valence-corrected chi connectivity index (χ3v) is 5.18. The first-order valence-electron chi connectivity index (χ1n) is 5.66. The molecule has 2 aromatic carbocycles. The minimum atomic E-state index is -3.32. The van der Waals surface area contributed by atoms with E-state index in [-0.39, 0.29) is 4.90 Å². The lowest BCUT2D eigenvalue weighted by Crippen LogP contribution is -2.08. The Morgan fingerprint density at radius 2 is 1.67 bits per heavy atom. The molecule has 1 atom stereocenters. The van der Waals surface area contributed by atoms with Gasteiger partial charge in [0, 0.05) is 25.9 Å². The highest BCUT2D eigenvalue weighted by atomic mass is 79.9. The smallest absolute Gasteiger partial charge is 0.306 e. The molecule has 21 heavy (non-hydrogen) atoms. The molecule has 0 heterocycles. The maximum Gasteiger partial charge on any atom is 0.354 e. The molecule has 0 saturated heterocycles. The van der Waals surface area contributed by atoms with Crippen molar-refractivity contribution < 1.29 is 9.00 Å². The molecule has 0 fully saturated rings. The van der Waals surface area contributed by atoms with Crippen molar-refractivity contribution in [3.8, 4) is 0 Å². The Morgan fingerprint density at radius 3 is 2.24 bits per heavy atom. The lowest BCUT2D eigenvalue weighted by Gasteiger charge is -2.04. The van der Waals surface area contributed by atoms with Crippen LogP contribution in [0.2, 0.25) is 5.02 Å². The number of halogens is 3. The lowest BCUT2D eigenvalue weighted by atomic mass is 10.3. The number of nitrogens with zero attached hydrogens (tertiary/aromatic N) is 1. The Kier molecular flexibility index (Phi) is 5.27. The van der Waals surface area contributed by atoms with E-state index >= 15 is 0 Å². The molecule has 0 aliphatic rings. The van der Waals surface area contributed by atoms with E-state index in [9.17, 15) is 9.00 Å². The fourth-order valence-electron chi connectivity index (χ4n) is 1.44. The van der Waals surface area contributed by atoms with Crippen LogP contribution in [0.5, 0.6) is 0 Å². The van der Waals surface area contributed by atoms with Gasteiger partial charge in [0.2, 0.25) is 0 Å². The van der Waals surface area contributed by atoms with Gasteiger partial charge in [-0.3, -0.25) is 0 Å². The number of rotatable bonds is 2. The number of benzene rings is 2. The summed E-state index contributed by atoms with van der Waals surface area (Å²) in [5.41, 5.74) is 0.482. The summed E-state index contributed by atoms with van der Waals surface area (Å²) >= 11 is 9.00. The molecule has 0 bridgehead atoms. The maximum absolute atomic E-state index is 12.3. The highest BCUT2D eigenvalue weighted by molar-refractivity contribution is 9.10. The van der Waals surface area contributed by atoms with Crippen LogP contribution in [0.1, 0.15) is 0 Å². The van der Waals surface area contributed by atoms with Crippen molar-refractivity contribution in [1.82, 2.24) is 0 Å². The minimum absolute atomic E-state index is 0.263. The van der Waals surface area contributed by atoms with Crippen LogP contribution >= 0.6 is 38.2 Å². The van der Waals surface area contributed by atoms with Gasteiger partial charge in [-0.05, 0) is 48.5 Å². The van der Waals surface area contributed by atoms with Gasteiger partial charge >= 0.3 is 6.03 Å². The average molecular weight is 408 g/mol. The summed E-state index contributed by atoms with van der Waals surface area (Å²) < 4.78 is 16.6. The molecule has 2 rings (SSSR count). The Bertz CT molecular complexity index is 770. The quantitative estimate of drug-likeness (QED) is 0.685. The highest BCUT2D eigenvalue weighted by Crippen LogP contribution is 2.21. The first kappa shape index (κ1) is 16.3. The van der Waals surface area contributed by atoms with E-state index in [0.29, 0.717) is 10.7 Å². The zero-order valence-corrected chi connectivity index (χ0v) is 14.3. The van der Waals surface area contributed by atoms with Gasteiger partial charge in [-0.15, -0.1) is 4.36 Å². The molecule has 0 radical (unpaired) electrons. The van der Waals surface area contributed by atoms with Crippen LogP contribution in [0, 0.1) is 0 Å². The summed E-state index contributed by atoms with van der Waals surface area (Å²) in [6, 6.07) is 12.1. The second kappa shape index (κ2) is 6.79. The van der Waals surface area contributed by atoms with Crippen molar-refractivity contribution in [3.63, 3.8) is 0 Å². The van der Waals surface area contributed by atoms with E-state index < -0.39 is 15.0 Å². The predicted octanol–water partition coefficient (Wildman–Crippen LogP) is 5.32. The van der Waals surface area contributed by atoms with Gasteiger partial charge < -0.3 is 5.32 Å². The topological polar surface area (TPSA) is 58.5 Å². The number of carbonyl (C=O) groups is 1. The molecular weight excluding hydrogens is 399 g/mol. The number of nitrogens with one attached hydrogen (secondary N) is 1. The summed E-state index contributed by atoms with van der Waals surface area (Å²) in [5, 5.41) is 3.01. The van der Waals surface area contributed by atoms with Gasteiger partial charge in [0.1, 0.15) is 0 Å². The van der Waals surface area contributed by atoms with Crippen molar-refractivity contribution in [2.75, 3.05) is 5.32 Å². The molecule has 1 unspecified atom stereocenters. The fraction of sp³-hybridized carbons (Fsp3) is 0. The van der Waals surface area contributed by atoms with Crippen molar-refractivity contribution in [2.45, 2.75) is 4.90 Å². The van der Waals surface area contributed by atoms with Crippen LogP contribution in [0.25, 0.3) is 0 Å². The molecular formula is C13H9BrCl2N2O2S. The molecule has 0 aliphatic carbocycles. The zero-order chi connectivity index (χ0) is 15.5. The van der Waals surface area contributed by atoms with E-state index in [1.807, 2.05) is 0 Å². The Hall–Kier alpha value is -1.08. The van der Waals surface area contributed by atoms with Crippen LogP contribution in [0.3, 0.4) is 0 Å². The molecule has 0 spiro atoms. The number of anilines is 1. The molecule has 0 aliphatic heterocycles. The molecule has 0 aromatic heterocycles. The second-order valence-electron chi connectivity index (χ2n) is 3.94. The van der Waals surface area contributed by atoms with Gasteiger partial charge in [0.25, 0.3) is 0 Å². The standard InChI is InChI=1S/C13H9BrCl2N2O2S/c14-9-1-7-12(8-2-9)21(16,20)18-13(19)17-11-5-3-10(15)4-6-11/h1-8H,(H,17,19). The van der Waals surface area contributed by atoms with E-state index in [0.717, 1.165) is 4.47 Å². The largest absolute Gasteiger partial charge is 0.354 e. The van der Waals surface area contributed by atoms with Gasteiger partial charge in [0.05, 0.1) is 4.90 Å². The number of hydrogen-bond donors (Lipinski definition) is 1. The summed E-state index contributed by atoms with van der Waals surface area (Å²) in [7, 11) is 2.55. The van der Waals surface area contributed by atoms with Crippen molar-refractivity contribution >= 4 is 58.9 Å². The molecule has 0 saturated carbocycles. The van der Waals surface area contributed by atoms with Gasteiger partial charge in [-0.1, -0.05) is 27.5 Å². The van der Waals surface area contributed by atoms with Gasteiger partial charge in [0.15, 0.2) is 8.94 Å². The monoisotopic (exact) mass is 406 g/mol. The number of urea groups is 1. The van der Waals surface area contributed by atoms with Crippen LogP contribution in [-0.2, 0) is 8.94 Å². The van der Waals surface area contributed by atoms with Crippen LogP contribution < -0.4 is 5.32 Å². The van der Waals surface area contributed by atoms with Crippen molar-refractivity contribution in [3.05, 3.63) is 58.0 Å². The van der Waals surface area contributed by atoms with Gasteiger partial charge in [-0.25, -0.2) is 9.00 Å². The lowest BCUT2D eigenvalue weighted by molar-refractivity contribution is 0.260. The van der Waals surface area contributed by atoms with Crippen molar-refractivity contribution in [1.29, 1.82) is 0 Å². The van der Waals surface area contributed by atoms with E-state index in [4.69, 9.17) is 22.3 Å². The zero-order valence-electron chi connectivity index (χ0n) is 10.4. The Morgan fingerprint density at radius 1 is 1.10 bits per heavy atom. The van der Waals surface area contributed by atoms with E-state index in [1.54, 1.807) is 48.5 Å². The average Bonchev–Trinajstić information content (AvgIpc) is 2.41. The number of carbonyl (C=O) groups excluding carboxylic acids is 1. The molecule has 110 valence electrons. The first-order valence-corrected chi connectivity index (χ1v) is 9.17. The Labute approximate surface area is 140 Å². The van der Waals surface area contributed by atoms with Crippen molar-refractivity contribution in [2.24, 2.45) is 4.36 Å². The molecule has 1 N–H and O–H groups in total. The summed E-state index contributed by atoms with van der Waals surface area (Å²) in [5.74, 6) is 0. The van der Waals surface area contributed by atoms with Crippen LogP contribution in [-0.4, -0.2) is 10.2 Å². The van der Waals surface area contributed by atoms with Crippen LogP contribution in [0.4, 0.5) is 10.5 Å². The third kappa shape index (κ3) is 4.71. The molecule has 4 nitrogen and oxygen atoms in total. The van der Waals surface area contributed by atoms with Crippen LogP contribution in [0.15, 0.2) is 62.3 Å². The second-order valence-corrected chi connectivity index (χ2v) is 8.12. The molecule has 8 heteroatoms. The highest BCUT2D eigenvalue weighted by Gasteiger charge is 2.12.